The quantitative estimate of drug-likeness (QED) is 0.399. The highest BCUT2D eigenvalue weighted by atomic mass is 32.2. The van der Waals surface area contributed by atoms with Gasteiger partial charge < -0.3 is 15.0 Å². The van der Waals surface area contributed by atoms with Crippen LogP contribution >= 0.6 is 11.3 Å². The molecule has 4 amide bonds. The SMILES string of the molecule is CN1CCCC/C=C/C2CC2(C(=O)NS(=O)(=O)C2CC2)NC(=O)C2CC(OC(=O)Nc3ccccc3-c3nccs3)CC2C1=O. The van der Waals surface area contributed by atoms with Gasteiger partial charge in [-0.1, -0.05) is 24.3 Å². The van der Waals surface area contributed by atoms with E-state index >= 15 is 0 Å². The second kappa shape index (κ2) is 12.5. The number of rotatable bonds is 6. The summed E-state index contributed by atoms with van der Waals surface area (Å²) in [6, 6.07) is 7.21. The van der Waals surface area contributed by atoms with Crippen LogP contribution in [-0.2, 0) is 29.1 Å². The Morgan fingerprint density at radius 3 is 2.67 bits per heavy atom. The first-order chi connectivity index (χ1) is 21.6. The number of hydrogen-bond acceptors (Lipinski definition) is 9. The average Bonchev–Trinajstić information content (AvgIpc) is 3.87. The second-order valence-corrected chi connectivity index (χ2v) is 15.2. The van der Waals surface area contributed by atoms with Gasteiger partial charge in [0.15, 0.2) is 0 Å². The summed E-state index contributed by atoms with van der Waals surface area (Å²) in [6.07, 6.45) is 7.82. The highest BCUT2D eigenvalue weighted by molar-refractivity contribution is 7.91. The predicted octanol–water partition coefficient (Wildman–Crippen LogP) is 3.44. The van der Waals surface area contributed by atoms with Crippen LogP contribution in [-0.4, -0.2) is 72.6 Å². The first-order valence-corrected chi connectivity index (χ1v) is 17.8. The first kappa shape index (κ1) is 31.2. The van der Waals surface area contributed by atoms with Crippen LogP contribution in [0, 0.1) is 17.8 Å². The Kier molecular flexibility index (Phi) is 8.70. The van der Waals surface area contributed by atoms with E-state index in [1.54, 1.807) is 30.3 Å². The Bertz CT molecular complexity index is 1610. The maximum Gasteiger partial charge on any atom is 0.411 e. The van der Waals surface area contributed by atoms with Gasteiger partial charge in [-0.05, 0) is 63.5 Å². The minimum atomic E-state index is -3.83. The molecule has 3 N–H and O–H groups in total. The zero-order chi connectivity index (χ0) is 31.8. The van der Waals surface area contributed by atoms with Crippen LogP contribution in [0.25, 0.3) is 10.6 Å². The molecular weight excluding hydrogens is 619 g/mol. The van der Waals surface area contributed by atoms with Gasteiger partial charge in [0.1, 0.15) is 16.7 Å². The number of carbonyl (C=O) groups excluding carboxylic acids is 4. The van der Waals surface area contributed by atoms with E-state index in [4.69, 9.17) is 4.74 Å². The number of hydrogen-bond donors (Lipinski definition) is 3. The number of fused-ring (bicyclic) bond motifs is 2. The van der Waals surface area contributed by atoms with Crippen molar-refractivity contribution in [2.24, 2.45) is 17.8 Å². The molecule has 2 heterocycles. The van der Waals surface area contributed by atoms with Crippen LogP contribution in [0.2, 0.25) is 0 Å². The number of nitrogens with zero attached hydrogens (tertiary/aromatic N) is 2. The van der Waals surface area contributed by atoms with Gasteiger partial charge in [0, 0.05) is 36.7 Å². The number of anilines is 1. The van der Waals surface area contributed by atoms with Crippen molar-refractivity contribution in [2.45, 2.75) is 68.3 Å². The molecule has 1 aliphatic heterocycles. The monoisotopic (exact) mass is 655 g/mol. The molecule has 240 valence electrons. The summed E-state index contributed by atoms with van der Waals surface area (Å²) >= 11 is 1.43. The second-order valence-electron chi connectivity index (χ2n) is 12.4. The minimum absolute atomic E-state index is 0.0796. The molecule has 0 radical (unpaired) electrons. The van der Waals surface area contributed by atoms with Crippen molar-refractivity contribution in [3.05, 3.63) is 48.0 Å². The van der Waals surface area contributed by atoms with Crippen LogP contribution in [0.1, 0.15) is 51.4 Å². The lowest BCUT2D eigenvalue weighted by molar-refractivity contribution is -0.140. The number of carbonyl (C=O) groups is 4. The summed E-state index contributed by atoms with van der Waals surface area (Å²) in [5, 5.41) is 7.60. The molecule has 6 rings (SSSR count). The number of benzene rings is 1. The summed E-state index contributed by atoms with van der Waals surface area (Å²) in [5.41, 5.74) is -0.167. The molecule has 12 nitrogen and oxygen atoms in total. The molecule has 14 heteroatoms. The van der Waals surface area contributed by atoms with Crippen LogP contribution in [0.4, 0.5) is 10.5 Å². The smallest absolute Gasteiger partial charge is 0.411 e. The lowest BCUT2D eigenvalue weighted by atomic mass is 9.93. The van der Waals surface area contributed by atoms with Crippen LogP contribution in [0.3, 0.4) is 0 Å². The van der Waals surface area contributed by atoms with E-state index < -0.39 is 56.7 Å². The summed E-state index contributed by atoms with van der Waals surface area (Å²) < 4.78 is 33.2. The van der Waals surface area contributed by atoms with E-state index in [2.05, 4.69) is 20.3 Å². The molecular formula is C31H37N5O7S2. The number of nitrogens with one attached hydrogen (secondary N) is 3. The molecule has 3 saturated carbocycles. The lowest BCUT2D eigenvalue weighted by Gasteiger charge is -2.26. The highest BCUT2D eigenvalue weighted by Gasteiger charge is 2.62. The highest BCUT2D eigenvalue weighted by Crippen LogP contribution is 2.47. The van der Waals surface area contributed by atoms with Crippen LogP contribution < -0.4 is 15.4 Å². The Balaban J connectivity index is 1.20. The number of para-hydroxylation sites is 1. The summed E-state index contributed by atoms with van der Waals surface area (Å²) in [5.74, 6) is -3.54. The molecule has 45 heavy (non-hydrogen) atoms. The number of thiazole rings is 1. The van der Waals surface area contributed by atoms with Gasteiger partial charge in [-0.25, -0.2) is 18.2 Å². The van der Waals surface area contributed by atoms with E-state index in [1.165, 1.54) is 11.3 Å². The Morgan fingerprint density at radius 1 is 1.13 bits per heavy atom. The molecule has 5 atom stereocenters. The zero-order valence-corrected chi connectivity index (χ0v) is 26.6. The molecule has 0 saturated heterocycles. The fourth-order valence-electron chi connectivity index (χ4n) is 6.32. The molecule has 2 aromatic rings. The van der Waals surface area contributed by atoms with Gasteiger partial charge in [0.25, 0.3) is 5.91 Å². The summed E-state index contributed by atoms with van der Waals surface area (Å²) in [7, 11) is -2.13. The zero-order valence-electron chi connectivity index (χ0n) is 24.9. The fraction of sp³-hybridized carbons (Fsp3) is 0.516. The molecule has 3 fully saturated rings. The molecule has 0 bridgehead atoms. The molecule has 1 aromatic heterocycles. The van der Waals surface area contributed by atoms with Crippen molar-refractivity contribution < 1.29 is 32.3 Å². The molecule has 1 aromatic carbocycles. The maximum atomic E-state index is 13.9. The lowest BCUT2D eigenvalue weighted by Crippen LogP contribution is -2.54. The molecule has 3 aliphatic carbocycles. The predicted molar refractivity (Wildman–Crippen MR) is 167 cm³/mol. The number of amides is 4. The summed E-state index contributed by atoms with van der Waals surface area (Å²) in [4.78, 5) is 59.9. The van der Waals surface area contributed by atoms with Gasteiger partial charge in [-0.15, -0.1) is 11.3 Å². The van der Waals surface area contributed by atoms with Crippen LogP contribution in [0.15, 0.2) is 48.0 Å². The average molecular weight is 656 g/mol. The largest absolute Gasteiger partial charge is 0.446 e. The Morgan fingerprint density at radius 2 is 1.91 bits per heavy atom. The van der Waals surface area contributed by atoms with Crippen molar-refractivity contribution in [3.63, 3.8) is 0 Å². The number of allylic oxidation sites excluding steroid dienone is 1. The third-order valence-corrected chi connectivity index (χ3v) is 11.7. The van der Waals surface area contributed by atoms with Crippen molar-refractivity contribution in [3.8, 4) is 10.6 Å². The summed E-state index contributed by atoms with van der Waals surface area (Å²) in [6.45, 7) is 0.520. The Hall–Kier alpha value is -3.78. The standard InChI is InChI=1S/C31H37N5O7S2/c1-36-14-7-3-2-4-8-19-18-31(19,29(39)35-45(41,42)21-11-12-21)34-26(37)23-16-20(17-24(23)28(36)38)43-30(40)33-25-10-6-5-9-22(25)27-32-13-15-44-27/h4-6,8-10,13,15,19-21,23-24H,2-3,7,11-12,14,16-18H2,1H3,(H,33,40)(H,34,37)(H,35,39)/b8-4+. The molecule has 5 unspecified atom stereocenters. The third-order valence-electron chi connectivity index (χ3n) is 9.10. The van der Waals surface area contributed by atoms with Gasteiger partial charge in [-0.3, -0.25) is 24.4 Å². The number of sulfonamides is 1. The van der Waals surface area contributed by atoms with E-state index in [-0.39, 0.29) is 31.1 Å². The number of ether oxygens (including phenoxy) is 1. The third kappa shape index (κ3) is 6.76. The van der Waals surface area contributed by atoms with Crippen molar-refractivity contribution in [1.29, 1.82) is 0 Å². The first-order valence-electron chi connectivity index (χ1n) is 15.3. The van der Waals surface area contributed by atoms with Crippen molar-refractivity contribution in [1.82, 2.24) is 19.9 Å². The molecule has 0 spiro atoms. The van der Waals surface area contributed by atoms with E-state index in [1.807, 2.05) is 29.7 Å². The van der Waals surface area contributed by atoms with Crippen LogP contribution in [0.5, 0.6) is 0 Å². The van der Waals surface area contributed by atoms with Crippen molar-refractivity contribution >= 4 is 50.9 Å². The van der Waals surface area contributed by atoms with E-state index in [9.17, 15) is 27.6 Å². The van der Waals surface area contributed by atoms with E-state index in [0.717, 1.165) is 29.8 Å². The van der Waals surface area contributed by atoms with Gasteiger partial charge in [0.2, 0.25) is 21.8 Å². The number of aromatic nitrogens is 1. The van der Waals surface area contributed by atoms with Crippen molar-refractivity contribution in [2.75, 3.05) is 18.9 Å². The Labute approximate surface area is 266 Å². The van der Waals surface area contributed by atoms with E-state index in [0.29, 0.717) is 25.1 Å². The fourth-order valence-corrected chi connectivity index (χ4v) is 8.36. The minimum Gasteiger partial charge on any atom is -0.446 e. The van der Waals surface area contributed by atoms with Gasteiger partial charge in [0.05, 0.1) is 22.8 Å². The topological polar surface area (TPSA) is 164 Å². The van der Waals surface area contributed by atoms with Gasteiger partial charge >= 0.3 is 6.09 Å². The molecule has 4 aliphatic rings. The normalized spacial score (nSPS) is 29.4. The van der Waals surface area contributed by atoms with Gasteiger partial charge in [-0.2, -0.15) is 0 Å². The maximum absolute atomic E-state index is 13.9.